The third kappa shape index (κ3) is 2.58. The van der Waals surface area contributed by atoms with Crippen LogP contribution >= 0.6 is 11.6 Å². The highest BCUT2D eigenvalue weighted by atomic mass is 35.5. The van der Waals surface area contributed by atoms with Crippen molar-refractivity contribution in [2.24, 2.45) is 0 Å². The molecule has 0 fully saturated rings. The largest absolute Gasteiger partial charge is 0.323 e. The van der Waals surface area contributed by atoms with E-state index in [9.17, 15) is 4.39 Å². The third-order valence-corrected chi connectivity index (χ3v) is 2.65. The van der Waals surface area contributed by atoms with Gasteiger partial charge in [0.25, 0.3) is 0 Å². The standard InChI is InChI=1S/C12H13ClFN3/c1-3-17-7-8(2)15-12(17)16-11-5-4-9(13)6-10(11)14/h4-7H,3H2,1-2H3,(H,15,16). The molecule has 0 amide bonds. The predicted octanol–water partition coefficient (Wildman–Crippen LogP) is 3.75. The lowest BCUT2D eigenvalue weighted by atomic mass is 10.3. The first-order valence-electron chi connectivity index (χ1n) is 5.36. The Morgan fingerprint density at radius 2 is 2.24 bits per heavy atom. The number of anilines is 2. The first kappa shape index (κ1) is 11.9. The first-order valence-corrected chi connectivity index (χ1v) is 5.73. The van der Waals surface area contributed by atoms with Crippen LogP contribution < -0.4 is 5.32 Å². The summed E-state index contributed by atoms with van der Waals surface area (Å²) in [5.74, 6) is 0.243. The normalized spacial score (nSPS) is 10.6. The van der Waals surface area contributed by atoms with Gasteiger partial charge in [0, 0.05) is 17.8 Å². The number of aryl methyl sites for hydroxylation is 2. The van der Waals surface area contributed by atoms with Crippen molar-refractivity contribution in [2.75, 3.05) is 5.32 Å². The lowest BCUT2D eigenvalue weighted by Gasteiger charge is -2.08. The molecule has 5 heteroatoms. The van der Waals surface area contributed by atoms with E-state index in [1.165, 1.54) is 6.07 Å². The van der Waals surface area contributed by atoms with Crippen molar-refractivity contribution in [1.82, 2.24) is 9.55 Å². The average Bonchev–Trinajstić information content (AvgIpc) is 2.63. The second-order valence-corrected chi connectivity index (χ2v) is 4.18. The smallest absolute Gasteiger partial charge is 0.207 e. The molecule has 0 bridgehead atoms. The summed E-state index contributed by atoms with van der Waals surface area (Å²) in [4.78, 5) is 4.29. The van der Waals surface area contributed by atoms with Gasteiger partial charge in [-0.15, -0.1) is 0 Å². The number of aromatic nitrogens is 2. The molecule has 0 aliphatic heterocycles. The molecule has 0 radical (unpaired) electrons. The highest BCUT2D eigenvalue weighted by Crippen LogP contribution is 2.22. The van der Waals surface area contributed by atoms with Crippen LogP contribution in [0.3, 0.4) is 0 Å². The summed E-state index contributed by atoms with van der Waals surface area (Å²) >= 11 is 5.69. The zero-order chi connectivity index (χ0) is 12.4. The van der Waals surface area contributed by atoms with Gasteiger partial charge in [-0.1, -0.05) is 11.6 Å². The van der Waals surface area contributed by atoms with Crippen LogP contribution in [0, 0.1) is 12.7 Å². The highest BCUT2D eigenvalue weighted by molar-refractivity contribution is 6.30. The molecule has 3 nitrogen and oxygen atoms in total. The van der Waals surface area contributed by atoms with E-state index in [0.29, 0.717) is 16.7 Å². The van der Waals surface area contributed by atoms with Crippen LogP contribution in [0.4, 0.5) is 16.0 Å². The maximum atomic E-state index is 13.6. The van der Waals surface area contributed by atoms with Crippen LogP contribution in [-0.2, 0) is 6.54 Å². The molecular weight excluding hydrogens is 241 g/mol. The van der Waals surface area contributed by atoms with E-state index in [-0.39, 0.29) is 5.82 Å². The Balaban J connectivity index is 2.30. The Kier molecular flexibility index (Phi) is 3.33. The number of hydrogen-bond donors (Lipinski definition) is 1. The molecule has 0 unspecified atom stereocenters. The number of nitrogens with one attached hydrogen (secondary N) is 1. The van der Waals surface area contributed by atoms with Gasteiger partial charge < -0.3 is 9.88 Å². The molecule has 1 aromatic carbocycles. The Morgan fingerprint density at radius 3 is 2.88 bits per heavy atom. The van der Waals surface area contributed by atoms with Gasteiger partial charge in [-0.2, -0.15) is 0 Å². The van der Waals surface area contributed by atoms with Gasteiger partial charge in [0.05, 0.1) is 11.4 Å². The number of imidazole rings is 1. The quantitative estimate of drug-likeness (QED) is 0.903. The van der Waals surface area contributed by atoms with Crippen molar-refractivity contribution < 1.29 is 4.39 Å². The van der Waals surface area contributed by atoms with Gasteiger partial charge in [-0.05, 0) is 32.0 Å². The molecule has 1 aromatic heterocycles. The van der Waals surface area contributed by atoms with Gasteiger partial charge in [0.15, 0.2) is 0 Å². The van der Waals surface area contributed by atoms with Gasteiger partial charge in [-0.3, -0.25) is 0 Å². The van der Waals surface area contributed by atoms with E-state index in [0.717, 1.165) is 12.2 Å². The fourth-order valence-corrected chi connectivity index (χ4v) is 1.76. The van der Waals surface area contributed by atoms with Gasteiger partial charge in [0.1, 0.15) is 5.82 Å². The fourth-order valence-electron chi connectivity index (χ4n) is 1.60. The zero-order valence-corrected chi connectivity index (χ0v) is 10.4. The van der Waals surface area contributed by atoms with Crippen molar-refractivity contribution in [3.8, 4) is 0 Å². The Bertz CT molecular complexity index is 537. The number of halogens is 2. The summed E-state index contributed by atoms with van der Waals surface area (Å²) in [5.41, 5.74) is 1.26. The SMILES string of the molecule is CCn1cc(C)nc1Nc1ccc(Cl)cc1F. The maximum absolute atomic E-state index is 13.6. The maximum Gasteiger partial charge on any atom is 0.207 e. The van der Waals surface area contributed by atoms with Crippen molar-refractivity contribution in [3.63, 3.8) is 0 Å². The molecule has 0 atom stereocenters. The number of rotatable bonds is 3. The molecule has 17 heavy (non-hydrogen) atoms. The molecule has 0 spiro atoms. The lowest BCUT2D eigenvalue weighted by molar-refractivity contribution is 0.631. The molecule has 1 N–H and O–H groups in total. The minimum absolute atomic E-state index is 0.370. The van der Waals surface area contributed by atoms with Crippen LogP contribution in [0.2, 0.25) is 5.02 Å². The van der Waals surface area contributed by atoms with Crippen molar-refractivity contribution >= 4 is 23.2 Å². The monoisotopic (exact) mass is 253 g/mol. The summed E-state index contributed by atoms with van der Waals surface area (Å²) in [5, 5.41) is 3.34. The number of benzene rings is 1. The van der Waals surface area contributed by atoms with Crippen molar-refractivity contribution in [3.05, 3.63) is 40.9 Å². The minimum atomic E-state index is -0.388. The van der Waals surface area contributed by atoms with E-state index in [1.54, 1.807) is 12.1 Å². The van der Waals surface area contributed by atoms with Crippen LogP contribution in [0.25, 0.3) is 0 Å². The van der Waals surface area contributed by atoms with E-state index >= 15 is 0 Å². The van der Waals surface area contributed by atoms with E-state index in [1.807, 2.05) is 24.6 Å². The number of hydrogen-bond acceptors (Lipinski definition) is 2. The van der Waals surface area contributed by atoms with Crippen LogP contribution in [0.1, 0.15) is 12.6 Å². The summed E-state index contributed by atoms with van der Waals surface area (Å²) in [7, 11) is 0. The summed E-state index contributed by atoms with van der Waals surface area (Å²) in [6, 6.07) is 4.51. The van der Waals surface area contributed by atoms with Gasteiger partial charge in [0.2, 0.25) is 5.95 Å². The van der Waals surface area contributed by atoms with Crippen molar-refractivity contribution in [2.45, 2.75) is 20.4 Å². The summed E-state index contributed by atoms with van der Waals surface area (Å²) < 4.78 is 15.5. The predicted molar refractivity (Wildman–Crippen MR) is 67.3 cm³/mol. The van der Waals surface area contributed by atoms with Gasteiger partial charge in [-0.25, -0.2) is 9.37 Å². The molecular formula is C12H13ClFN3. The van der Waals surface area contributed by atoms with E-state index in [4.69, 9.17) is 11.6 Å². The molecule has 2 aromatic rings. The molecule has 0 saturated heterocycles. The molecule has 2 rings (SSSR count). The second-order valence-electron chi connectivity index (χ2n) is 3.74. The molecule has 90 valence electrons. The minimum Gasteiger partial charge on any atom is -0.323 e. The van der Waals surface area contributed by atoms with Crippen LogP contribution in [0.15, 0.2) is 24.4 Å². The van der Waals surface area contributed by atoms with Crippen LogP contribution in [0.5, 0.6) is 0 Å². The average molecular weight is 254 g/mol. The Labute approximate surface area is 104 Å². The summed E-state index contributed by atoms with van der Waals surface area (Å²) in [6.07, 6.45) is 1.91. The zero-order valence-electron chi connectivity index (χ0n) is 9.67. The van der Waals surface area contributed by atoms with Gasteiger partial charge >= 0.3 is 0 Å². The molecule has 1 heterocycles. The number of nitrogens with zero attached hydrogens (tertiary/aromatic N) is 2. The third-order valence-electron chi connectivity index (χ3n) is 2.42. The molecule has 0 aliphatic rings. The summed E-state index contributed by atoms with van der Waals surface area (Å²) in [6.45, 7) is 4.68. The Morgan fingerprint density at radius 1 is 1.47 bits per heavy atom. The molecule has 0 aliphatic carbocycles. The topological polar surface area (TPSA) is 29.9 Å². The first-order chi connectivity index (χ1) is 8.10. The fraction of sp³-hybridized carbons (Fsp3) is 0.250. The van der Waals surface area contributed by atoms with Crippen LogP contribution in [-0.4, -0.2) is 9.55 Å². The Hall–Kier alpha value is -1.55. The highest BCUT2D eigenvalue weighted by Gasteiger charge is 2.08. The van der Waals surface area contributed by atoms with Crippen molar-refractivity contribution in [1.29, 1.82) is 0 Å². The molecule has 0 saturated carbocycles. The van der Waals surface area contributed by atoms with E-state index in [2.05, 4.69) is 10.3 Å². The second kappa shape index (κ2) is 4.75. The van der Waals surface area contributed by atoms with E-state index < -0.39 is 0 Å². The lowest BCUT2D eigenvalue weighted by Crippen LogP contribution is -2.02.